The molecule has 1 rings (SSSR count). The van der Waals surface area contributed by atoms with Gasteiger partial charge in [-0.15, -0.1) is 0 Å². The Morgan fingerprint density at radius 3 is 2.53 bits per heavy atom. The monoisotopic (exact) mass is 209 g/mol. The highest BCUT2D eigenvalue weighted by molar-refractivity contribution is 5.81. The molecule has 4 nitrogen and oxygen atoms in total. The van der Waals surface area contributed by atoms with Crippen molar-refractivity contribution < 1.29 is 14.6 Å². The summed E-state index contributed by atoms with van der Waals surface area (Å²) in [5, 5.41) is 9.12. The molecule has 0 saturated carbocycles. The van der Waals surface area contributed by atoms with Crippen molar-refractivity contribution in [3.05, 3.63) is 35.9 Å². The van der Waals surface area contributed by atoms with Crippen LogP contribution in [-0.4, -0.2) is 30.3 Å². The van der Waals surface area contributed by atoms with Crippen molar-refractivity contribution in [2.45, 2.75) is 12.0 Å². The molecule has 0 saturated heterocycles. The Hall–Kier alpha value is -1.39. The lowest BCUT2D eigenvalue weighted by molar-refractivity contribution is -0.148. The van der Waals surface area contributed by atoms with E-state index < -0.39 is 18.1 Å². The lowest BCUT2D eigenvalue weighted by Crippen LogP contribution is -2.53. The smallest absolute Gasteiger partial charge is 0.328 e. The fourth-order valence-electron chi connectivity index (χ4n) is 1.36. The number of esters is 1. The van der Waals surface area contributed by atoms with Gasteiger partial charge in [0.2, 0.25) is 0 Å². The van der Waals surface area contributed by atoms with Crippen LogP contribution in [0, 0.1) is 0 Å². The van der Waals surface area contributed by atoms with Crippen molar-refractivity contribution in [1.82, 2.24) is 0 Å². The maximum absolute atomic E-state index is 11.4. The van der Waals surface area contributed by atoms with E-state index in [4.69, 9.17) is 10.8 Å². The minimum Gasteiger partial charge on any atom is -0.468 e. The first-order chi connectivity index (χ1) is 7.12. The topological polar surface area (TPSA) is 72.5 Å². The summed E-state index contributed by atoms with van der Waals surface area (Å²) in [4.78, 5) is 11.4. The van der Waals surface area contributed by atoms with E-state index in [2.05, 4.69) is 4.74 Å². The average Bonchev–Trinajstić information content (AvgIpc) is 2.29. The highest BCUT2D eigenvalue weighted by atomic mass is 16.5. The zero-order valence-corrected chi connectivity index (χ0v) is 8.64. The van der Waals surface area contributed by atoms with Gasteiger partial charge in [0, 0.05) is 6.42 Å². The van der Waals surface area contributed by atoms with E-state index in [0.717, 1.165) is 5.56 Å². The molecule has 0 bridgehead atoms. The molecule has 1 aromatic rings. The summed E-state index contributed by atoms with van der Waals surface area (Å²) < 4.78 is 4.55. The summed E-state index contributed by atoms with van der Waals surface area (Å²) in [5.41, 5.74) is 5.30. The molecule has 82 valence electrons. The fourth-order valence-corrected chi connectivity index (χ4v) is 1.36. The number of benzene rings is 1. The molecule has 0 radical (unpaired) electrons. The number of hydrogen-bond acceptors (Lipinski definition) is 4. The highest BCUT2D eigenvalue weighted by Gasteiger charge is 2.34. The van der Waals surface area contributed by atoms with Crippen molar-refractivity contribution in [3.8, 4) is 0 Å². The number of methoxy groups -OCH3 is 1. The third-order valence-electron chi connectivity index (χ3n) is 2.24. The largest absolute Gasteiger partial charge is 0.468 e. The van der Waals surface area contributed by atoms with Gasteiger partial charge in [-0.2, -0.15) is 0 Å². The maximum atomic E-state index is 11.4. The second kappa shape index (κ2) is 4.91. The number of aliphatic hydroxyl groups is 1. The lowest BCUT2D eigenvalue weighted by atomic mass is 9.93. The number of ether oxygens (including phenoxy) is 1. The molecule has 0 unspecified atom stereocenters. The molecule has 3 N–H and O–H groups in total. The summed E-state index contributed by atoms with van der Waals surface area (Å²) in [6.07, 6.45) is 0.261. The van der Waals surface area contributed by atoms with Gasteiger partial charge in [-0.25, -0.2) is 4.79 Å². The second-order valence-corrected chi connectivity index (χ2v) is 3.47. The fraction of sp³-hybridized carbons (Fsp3) is 0.364. The van der Waals surface area contributed by atoms with Gasteiger partial charge >= 0.3 is 5.97 Å². The van der Waals surface area contributed by atoms with E-state index in [1.54, 1.807) is 0 Å². The van der Waals surface area contributed by atoms with Gasteiger partial charge in [-0.3, -0.25) is 0 Å². The lowest BCUT2D eigenvalue weighted by Gasteiger charge is -2.23. The third kappa shape index (κ3) is 2.78. The Bertz CT molecular complexity index is 326. The molecule has 15 heavy (non-hydrogen) atoms. The van der Waals surface area contributed by atoms with E-state index in [1.165, 1.54) is 7.11 Å². The van der Waals surface area contributed by atoms with Crippen LogP contribution in [0.15, 0.2) is 30.3 Å². The highest BCUT2D eigenvalue weighted by Crippen LogP contribution is 2.12. The van der Waals surface area contributed by atoms with E-state index >= 15 is 0 Å². The van der Waals surface area contributed by atoms with Crippen LogP contribution in [-0.2, 0) is 16.0 Å². The zero-order chi connectivity index (χ0) is 11.3. The van der Waals surface area contributed by atoms with Crippen molar-refractivity contribution in [2.75, 3.05) is 13.7 Å². The van der Waals surface area contributed by atoms with Gasteiger partial charge in [0.1, 0.15) is 5.54 Å². The number of rotatable bonds is 4. The van der Waals surface area contributed by atoms with Gasteiger partial charge in [0.25, 0.3) is 0 Å². The molecule has 0 amide bonds. The van der Waals surface area contributed by atoms with Gasteiger partial charge in [-0.1, -0.05) is 30.3 Å². The molecule has 0 spiro atoms. The molecule has 0 heterocycles. The van der Waals surface area contributed by atoms with Crippen molar-refractivity contribution in [3.63, 3.8) is 0 Å². The molecule has 0 fully saturated rings. The van der Waals surface area contributed by atoms with Crippen LogP contribution in [0.2, 0.25) is 0 Å². The van der Waals surface area contributed by atoms with Crippen LogP contribution in [0.4, 0.5) is 0 Å². The van der Waals surface area contributed by atoms with Crippen LogP contribution in [0.5, 0.6) is 0 Å². The van der Waals surface area contributed by atoms with E-state index in [-0.39, 0.29) is 6.42 Å². The first-order valence-corrected chi connectivity index (χ1v) is 4.64. The Labute approximate surface area is 88.7 Å². The Morgan fingerprint density at radius 1 is 1.47 bits per heavy atom. The van der Waals surface area contributed by atoms with Crippen molar-refractivity contribution in [2.24, 2.45) is 5.73 Å². The van der Waals surface area contributed by atoms with Crippen LogP contribution >= 0.6 is 0 Å². The minimum atomic E-state index is -1.35. The summed E-state index contributed by atoms with van der Waals surface area (Å²) in [5.74, 6) is -0.603. The zero-order valence-electron chi connectivity index (χ0n) is 8.64. The number of carbonyl (C=O) groups excluding carboxylic acids is 1. The molecule has 0 aliphatic carbocycles. The second-order valence-electron chi connectivity index (χ2n) is 3.47. The first kappa shape index (κ1) is 11.7. The van der Waals surface area contributed by atoms with E-state index in [1.807, 2.05) is 30.3 Å². The van der Waals surface area contributed by atoms with Crippen LogP contribution < -0.4 is 5.73 Å². The SMILES string of the molecule is COC(=O)[C@@](N)(CO)Cc1ccccc1. The molecule has 1 atom stereocenters. The molecular weight excluding hydrogens is 194 g/mol. The van der Waals surface area contributed by atoms with Crippen molar-refractivity contribution >= 4 is 5.97 Å². The van der Waals surface area contributed by atoms with Crippen LogP contribution in [0.3, 0.4) is 0 Å². The van der Waals surface area contributed by atoms with Gasteiger partial charge in [0.15, 0.2) is 0 Å². The minimum absolute atomic E-state index is 0.261. The van der Waals surface area contributed by atoms with Crippen molar-refractivity contribution in [1.29, 1.82) is 0 Å². The number of carbonyl (C=O) groups is 1. The van der Waals surface area contributed by atoms with Crippen LogP contribution in [0.1, 0.15) is 5.56 Å². The number of hydrogen-bond donors (Lipinski definition) is 2. The summed E-state index contributed by atoms with van der Waals surface area (Å²) in [6, 6.07) is 9.27. The molecule has 1 aromatic carbocycles. The van der Waals surface area contributed by atoms with E-state index in [9.17, 15) is 4.79 Å². The molecule has 0 aliphatic heterocycles. The third-order valence-corrected chi connectivity index (χ3v) is 2.24. The Kier molecular flexibility index (Phi) is 3.82. The molecular formula is C11H15NO3. The Morgan fingerprint density at radius 2 is 2.07 bits per heavy atom. The molecule has 0 aromatic heterocycles. The summed E-state index contributed by atoms with van der Waals surface area (Å²) >= 11 is 0. The average molecular weight is 209 g/mol. The van der Waals surface area contributed by atoms with E-state index in [0.29, 0.717) is 0 Å². The maximum Gasteiger partial charge on any atom is 0.328 e. The molecule has 4 heteroatoms. The van der Waals surface area contributed by atoms with Gasteiger partial charge < -0.3 is 15.6 Å². The summed E-state index contributed by atoms with van der Waals surface area (Å²) in [6.45, 7) is -0.436. The first-order valence-electron chi connectivity index (χ1n) is 4.64. The normalized spacial score (nSPS) is 14.3. The molecule has 0 aliphatic rings. The quantitative estimate of drug-likeness (QED) is 0.689. The predicted octanol–water partition coefficient (Wildman–Crippen LogP) is 0.0919. The number of aliphatic hydroxyl groups excluding tert-OH is 1. The standard InChI is InChI=1S/C11H15NO3/c1-15-10(14)11(12,8-13)7-9-5-3-2-4-6-9/h2-6,13H,7-8,12H2,1H3/t11-/m0/s1. The summed E-state index contributed by atoms with van der Waals surface area (Å²) in [7, 11) is 1.25. The predicted molar refractivity (Wildman–Crippen MR) is 56.2 cm³/mol. The Balaban J connectivity index is 2.81. The van der Waals surface area contributed by atoms with Gasteiger partial charge in [-0.05, 0) is 5.56 Å². The number of nitrogens with two attached hydrogens (primary N) is 1. The van der Waals surface area contributed by atoms with Gasteiger partial charge in [0.05, 0.1) is 13.7 Å². The van der Waals surface area contributed by atoms with Crippen LogP contribution in [0.25, 0.3) is 0 Å².